The van der Waals surface area contributed by atoms with Gasteiger partial charge in [-0.2, -0.15) is 0 Å². The molecule has 0 saturated heterocycles. The van der Waals surface area contributed by atoms with Gasteiger partial charge in [-0.05, 0) is 63.6 Å². The van der Waals surface area contributed by atoms with Gasteiger partial charge in [0.05, 0.1) is 12.0 Å². The number of aromatic hydroxyl groups is 1. The number of rotatable bonds is 2. The van der Waals surface area contributed by atoms with Crippen LogP contribution in [0.1, 0.15) is 67.3 Å². The van der Waals surface area contributed by atoms with E-state index < -0.39 is 6.10 Å². The lowest BCUT2D eigenvalue weighted by molar-refractivity contribution is 0.0849. The molecule has 0 amide bonds. The largest absolute Gasteiger partial charge is 0.508 e. The first-order valence-corrected chi connectivity index (χ1v) is 9.46. The number of phenols is 1. The Bertz CT molecular complexity index is 1020. The van der Waals surface area contributed by atoms with Crippen LogP contribution in [0, 0.1) is 0 Å². The van der Waals surface area contributed by atoms with E-state index in [4.69, 9.17) is 9.47 Å². The first-order valence-electron chi connectivity index (χ1n) is 9.46. The van der Waals surface area contributed by atoms with Gasteiger partial charge in [-0.1, -0.05) is 17.7 Å². The SMILES string of the molecule is CC(C)=Cc1cc([C@@H]2CC(=O)c3ccc(O)cc3O2)cc2c1OC(C)(C)C=C2. The zero-order valence-corrected chi connectivity index (χ0v) is 16.6. The number of Topliss-reactive ketones (excluding diaryl/α,β-unsaturated/α-hetero) is 1. The maximum Gasteiger partial charge on any atom is 0.170 e. The Hall–Kier alpha value is -3.01. The average molecular weight is 376 g/mol. The number of fused-ring (bicyclic) bond motifs is 2. The Morgan fingerprint density at radius 1 is 1.21 bits per heavy atom. The molecule has 2 heterocycles. The molecule has 0 unspecified atom stereocenters. The number of ether oxygens (including phenoxy) is 2. The topological polar surface area (TPSA) is 55.8 Å². The molecule has 0 fully saturated rings. The summed E-state index contributed by atoms with van der Waals surface area (Å²) in [6.07, 6.45) is 6.05. The monoisotopic (exact) mass is 376 g/mol. The summed E-state index contributed by atoms with van der Waals surface area (Å²) >= 11 is 0. The second kappa shape index (κ2) is 6.55. The molecule has 0 spiro atoms. The van der Waals surface area contributed by atoms with Gasteiger partial charge in [0.2, 0.25) is 0 Å². The minimum atomic E-state index is -0.403. The third kappa shape index (κ3) is 3.42. The zero-order chi connectivity index (χ0) is 20.1. The van der Waals surface area contributed by atoms with E-state index in [0.717, 1.165) is 28.0 Å². The number of hydrogen-bond donors (Lipinski definition) is 1. The van der Waals surface area contributed by atoms with Gasteiger partial charge in [-0.25, -0.2) is 0 Å². The van der Waals surface area contributed by atoms with Crippen LogP contribution in [0.25, 0.3) is 12.2 Å². The highest BCUT2D eigenvalue weighted by Crippen LogP contribution is 2.41. The van der Waals surface area contributed by atoms with Crippen LogP contribution in [0.5, 0.6) is 17.2 Å². The van der Waals surface area contributed by atoms with Gasteiger partial charge in [0.1, 0.15) is 29.0 Å². The quantitative estimate of drug-likeness (QED) is 0.730. The molecule has 1 N–H and O–H groups in total. The van der Waals surface area contributed by atoms with Crippen LogP contribution in [-0.2, 0) is 0 Å². The van der Waals surface area contributed by atoms with Crippen LogP contribution in [0.15, 0.2) is 42.0 Å². The third-order valence-corrected chi connectivity index (χ3v) is 4.92. The molecule has 0 bridgehead atoms. The Morgan fingerprint density at radius 2 is 2.00 bits per heavy atom. The summed E-state index contributed by atoms with van der Waals surface area (Å²) in [7, 11) is 0. The van der Waals surface area contributed by atoms with E-state index >= 15 is 0 Å². The molecule has 0 radical (unpaired) electrons. The van der Waals surface area contributed by atoms with Gasteiger partial charge in [-0.15, -0.1) is 0 Å². The van der Waals surface area contributed by atoms with Gasteiger partial charge >= 0.3 is 0 Å². The molecule has 0 aromatic heterocycles. The van der Waals surface area contributed by atoms with E-state index in [-0.39, 0.29) is 23.6 Å². The highest BCUT2D eigenvalue weighted by molar-refractivity contribution is 6.00. The van der Waals surface area contributed by atoms with Gasteiger partial charge in [0.15, 0.2) is 5.78 Å². The van der Waals surface area contributed by atoms with Crippen LogP contribution in [-0.4, -0.2) is 16.5 Å². The number of hydrogen-bond acceptors (Lipinski definition) is 4. The van der Waals surface area contributed by atoms with Gasteiger partial charge in [0.25, 0.3) is 0 Å². The van der Waals surface area contributed by atoms with E-state index in [0.29, 0.717) is 11.3 Å². The smallest absolute Gasteiger partial charge is 0.170 e. The number of benzene rings is 2. The number of ketones is 1. The summed E-state index contributed by atoms with van der Waals surface area (Å²) in [4.78, 5) is 12.6. The number of allylic oxidation sites excluding steroid dienone is 1. The molecule has 28 heavy (non-hydrogen) atoms. The summed E-state index contributed by atoms with van der Waals surface area (Å²) in [5, 5.41) is 9.76. The molecule has 4 nitrogen and oxygen atoms in total. The molecule has 2 aliphatic heterocycles. The molecule has 1 atom stereocenters. The van der Waals surface area contributed by atoms with Gasteiger partial charge < -0.3 is 14.6 Å². The van der Waals surface area contributed by atoms with E-state index in [2.05, 4.69) is 12.2 Å². The van der Waals surface area contributed by atoms with E-state index in [1.54, 1.807) is 6.07 Å². The van der Waals surface area contributed by atoms with Crippen molar-refractivity contribution >= 4 is 17.9 Å². The molecular weight excluding hydrogens is 352 g/mol. The van der Waals surface area contributed by atoms with Crippen LogP contribution in [0.3, 0.4) is 0 Å². The molecule has 4 heteroatoms. The van der Waals surface area contributed by atoms with E-state index in [9.17, 15) is 9.90 Å². The van der Waals surface area contributed by atoms with Crippen molar-refractivity contribution in [1.82, 2.24) is 0 Å². The van der Waals surface area contributed by atoms with Crippen molar-refractivity contribution in [2.24, 2.45) is 0 Å². The Balaban J connectivity index is 1.79. The third-order valence-electron chi connectivity index (χ3n) is 4.92. The second-order valence-electron chi connectivity index (χ2n) is 8.20. The second-order valence-corrected chi connectivity index (χ2v) is 8.20. The van der Waals surface area contributed by atoms with Gasteiger partial charge in [-0.3, -0.25) is 4.79 Å². The summed E-state index contributed by atoms with van der Waals surface area (Å²) in [5.74, 6) is 1.37. The minimum absolute atomic E-state index is 0.0145. The van der Waals surface area contributed by atoms with Crippen molar-refractivity contribution < 1.29 is 19.4 Å². The molecule has 0 saturated carbocycles. The fraction of sp³-hybridized carbons (Fsp3) is 0.292. The molecule has 144 valence electrons. The van der Waals surface area contributed by atoms with Crippen LogP contribution >= 0.6 is 0 Å². The molecule has 0 aliphatic carbocycles. The highest BCUT2D eigenvalue weighted by Gasteiger charge is 2.30. The molecular formula is C24H24O4. The first-order chi connectivity index (χ1) is 13.2. The van der Waals surface area contributed by atoms with E-state index in [1.165, 1.54) is 12.1 Å². The van der Waals surface area contributed by atoms with Crippen molar-refractivity contribution in [3.05, 3.63) is 64.2 Å². The predicted octanol–water partition coefficient (Wildman–Crippen LogP) is 5.71. The zero-order valence-electron chi connectivity index (χ0n) is 16.6. The van der Waals surface area contributed by atoms with Gasteiger partial charge in [0, 0.05) is 17.2 Å². The van der Waals surface area contributed by atoms with Crippen LogP contribution in [0.2, 0.25) is 0 Å². The Labute approximate surface area is 165 Å². The normalized spacial score (nSPS) is 19.1. The van der Waals surface area contributed by atoms with Crippen molar-refractivity contribution in [3.8, 4) is 17.2 Å². The lowest BCUT2D eigenvalue weighted by Gasteiger charge is -2.31. The Morgan fingerprint density at radius 3 is 2.75 bits per heavy atom. The number of phenolic OH excluding ortho intramolecular Hbond substituents is 1. The van der Waals surface area contributed by atoms with Crippen LogP contribution in [0.4, 0.5) is 0 Å². The van der Waals surface area contributed by atoms with Crippen molar-refractivity contribution in [2.45, 2.75) is 45.8 Å². The fourth-order valence-electron chi connectivity index (χ4n) is 3.63. The molecule has 4 rings (SSSR count). The number of carbonyl (C=O) groups is 1. The predicted molar refractivity (Wildman–Crippen MR) is 110 cm³/mol. The summed E-state index contributed by atoms with van der Waals surface area (Å²) in [5.41, 5.74) is 4.17. The average Bonchev–Trinajstić information content (AvgIpc) is 2.60. The lowest BCUT2D eigenvalue weighted by atomic mass is 9.91. The van der Waals surface area contributed by atoms with Crippen molar-refractivity contribution in [3.63, 3.8) is 0 Å². The summed E-state index contributed by atoms with van der Waals surface area (Å²) in [6.45, 7) is 8.14. The lowest BCUT2D eigenvalue weighted by Crippen LogP contribution is -2.28. The summed E-state index contributed by atoms with van der Waals surface area (Å²) < 4.78 is 12.3. The molecule has 2 aliphatic rings. The Kier molecular flexibility index (Phi) is 4.30. The van der Waals surface area contributed by atoms with Crippen molar-refractivity contribution in [2.75, 3.05) is 0 Å². The van der Waals surface area contributed by atoms with Crippen LogP contribution < -0.4 is 9.47 Å². The molecule has 2 aromatic carbocycles. The highest BCUT2D eigenvalue weighted by atomic mass is 16.5. The maximum absolute atomic E-state index is 12.6. The first kappa shape index (κ1) is 18.4. The minimum Gasteiger partial charge on any atom is -0.508 e. The standard InChI is InChI=1S/C24H24O4/c1-14(2)9-17-11-16(10-15-7-8-24(3,4)28-23(15)17)21-13-20(26)19-6-5-18(25)12-22(19)27-21/h5-12,21,25H,13H2,1-4H3/t21-/m0/s1. The number of carbonyl (C=O) groups excluding carboxylic acids is 1. The fourth-order valence-corrected chi connectivity index (χ4v) is 3.63. The maximum atomic E-state index is 12.6. The molecule has 2 aromatic rings. The van der Waals surface area contributed by atoms with E-state index in [1.807, 2.05) is 45.9 Å². The van der Waals surface area contributed by atoms with Crippen molar-refractivity contribution in [1.29, 1.82) is 0 Å². The summed E-state index contributed by atoms with van der Waals surface area (Å²) in [6, 6.07) is 8.68.